The lowest BCUT2D eigenvalue weighted by atomic mass is 10.1. The van der Waals surface area contributed by atoms with E-state index in [2.05, 4.69) is 58.8 Å². The number of carbonyl (C=O) groups excluding carboxylic acids is 1. The van der Waals surface area contributed by atoms with Crippen LogP contribution < -0.4 is 10.6 Å². The fraction of sp³-hybridized carbons (Fsp3) is 0.474. The second kappa shape index (κ2) is 9.16. The molecule has 0 atom stereocenters. The van der Waals surface area contributed by atoms with Crippen LogP contribution in [0.25, 0.3) is 0 Å². The lowest BCUT2D eigenvalue weighted by Crippen LogP contribution is -2.29. The van der Waals surface area contributed by atoms with Crippen molar-refractivity contribution >= 4 is 18.3 Å². The van der Waals surface area contributed by atoms with Crippen LogP contribution >= 0.6 is 12.4 Å². The van der Waals surface area contributed by atoms with E-state index < -0.39 is 0 Å². The quantitative estimate of drug-likeness (QED) is 0.722. The normalized spacial score (nSPS) is 13.4. The van der Waals surface area contributed by atoms with Gasteiger partial charge < -0.3 is 10.6 Å². The molecule has 2 heterocycles. The molecule has 0 saturated heterocycles. The fourth-order valence-electron chi connectivity index (χ4n) is 3.01. The van der Waals surface area contributed by atoms with Gasteiger partial charge in [-0.1, -0.05) is 24.3 Å². The van der Waals surface area contributed by atoms with Gasteiger partial charge in [-0.05, 0) is 32.0 Å². The van der Waals surface area contributed by atoms with Crippen molar-refractivity contribution < 1.29 is 4.79 Å². The summed E-state index contributed by atoms with van der Waals surface area (Å²) in [6.07, 6.45) is 0.889. The average Bonchev–Trinajstić information content (AvgIpc) is 3.04. The number of nitrogens with one attached hydrogen (secondary N) is 3. The lowest BCUT2D eigenvalue weighted by Gasteiger charge is -2.22. The zero-order valence-corrected chi connectivity index (χ0v) is 16.4. The number of aromatic amines is 1. The molecule has 26 heavy (non-hydrogen) atoms. The molecule has 1 aliphatic heterocycles. The molecule has 0 bridgehead atoms. The molecule has 1 aromatic carbocycles. The maximum Gasteiger partial charge on any atom is 0.272 e. The highest BCUT2D eigenvalue weighted by molar-refractivity contribution is 5.94. The van der Waals surface area contributed by atoms with Gasteiger partial charge in [0.25, 0.3) is 5.91 Å². The largest absolute Gasteiger partial charge is 0.347 e. The molecular weight excluding hydrogens is 350 g/mol. The van der Waals surface area contributed by atoms with Gasteiger partial charge in [0.2, 0.25) is 0 Å². The molecule has 0 spiro atoms. The number of halogens is 1. The number of rotatable bonds is 6. The molecule has 0 saturated carbocycles. The third-order valence-electron chi connectivity index (χ3n) is 4.88. The summed E-state index contributed by atoms with van der Waals surface area (Å²) in [6, 6.07) is 8.74. The van der Waals surface area contributed by atoms with Crippen molar-refractivity contribution in [1.82, 2.24) is 25.7 Å². The molecule has 3 N–H and O–H groups in total. The van der Waals surface area contributed by atoms with Crippen molar-refractivity contribution in [2.24, 2.45) is 0 Å². The fourth-order valence-corrected chi connectivity index (χ4v) is 3.01. The molecule has 0 aliphatic carbocycles. The second-order valence-corrected chi connectivity index (χ2v) is 6.92. The van der Waals surface area contributed by atoms with Crippen LogP contribution in [-0.2, 0) is 26.1 Å². The minimum atomic E-state index is -0.117. The maximum absolute atomic E-state index is 12.6. The Bertz CT molecular complexity index is 743. The van der Waals surface area contributed by atoms with E-state index >= 15 is 0 Å². The predicted molar refractivity (Wildman–Crippen MR) is 105 cm³/mol. The summed E-state index contributed by atoms with van der Waals surface area (Å²) in [5.74, 6) is -0.117. The van der Waals surface area contributed by atoms with Crippen molar-refractivity contribution in [3.63, 3.8) is 0 Å². The van der Waals surface area contributed by atoms with Crippen molar-refractivity contribution in [1.29, 1.82) is 0 Å². The van der Waals surface area contributed by atoms with Gasteiger partial charge in [-0.3, -0.25) is 14.8 Å². The smallest absolute Gasteiger partial charge is 0.272 e. The van der Waals surface area contributed by atoms with E-state index in [-0.39, 0.29) is 18.3 Å². The van der Waals surface area contributed by atoms with Crippen LogP contribution in [0.2, 0.25) is 0 Å². The molecule has 1 aliphatic rings. The van der Waals surface area contributed by atoms with Gasteiger partial charge in [-0.2, -0.15) is 5.10 Å². The van der Waals surface area contributed by atoms with Crippen LogP contribution in [0.15, 0.2) is 24.3 Å². The predicted octanol–water partition coefficient (Wildman–Crippen LogP) is 2.25. The molecule has 1 aromatic heterocycles. The number of aromatic nitrogens is 2. The summed E-state index contributed by atoms with van der Waals surface area (Å²) in [6.45, 7) is 7.36. The molecule has 0 unspecified atom stereocenters. The zero-order chi connectivity index (χ0) is 17.8. The van der Waals surface area contributed by atoms with Crippen LogP contribution in [0.4, 0.5) is 0 Å². The Morgan fingerprint density at radius 3 is 2.77 bits per heavy atom. The molecule has 0 fully saturated rings. The Hall–Kier alpha value is -1.89. The molecule has 0 radical (unpaired) electrons. The van der Waals surface area contributed by atoms with Crippen molar-refractivity contribution in [2.75, 3.05) is 13.6 Å². The number of benzene rings is 1. The first-order valence-corrected chi connectivity index (χ1v) is 8.88. The Morgan fingerprint density at radius 2 is 2.04 bits per heavy atom. The summed E-state index contributed by atoms with van der Waals surface area (Å²) < 4.78 is 0. The van der Waals surface area contributed by atoms with Crippen LogP contribution in [0.3, 0.4) is 0 Å². The van der Waals surface area contributed by atoms with Crippen LogP contribution in [0.5, 0.6) is 0 Å². The molecule has 1 amide bonds. The van der Waals surface area contributed by atoms with Crippen LogP contribution in [-0.4, -0.2) is 40.6 Å². The van der Waals surface area contributed by atoms with Gasteiger partial charge in [-0.15, -0.1) is 12.4 Å². The summed E-state index contributed by atoms with van der Waals surface area (Å²) in [7, 11) is 2.11. The van der Waals surface area contributed by atoms with Crippen molar-refractivity contribution in [3.05, 3.63) is 52.3 Å². The molecule has 6 nitrogen and oxygen atoms in total. The van der Waals surface area contributed by atoms with E-state index in [1.807, 2.05) is 12.1 Å². The van der Waals surface area contributed by atoms with E-state index in [0.29, 0.717) is 24.8 Å². The average molecular weight is 378 g/mol. The highest BCUT2D eigenvalue weighted by Crippen LogP contribution is 2.16. The first-order valence-electron chi connectivity index (χ1n) is 8.88. The second-order valence-electron chi connectivity index (χ2n) is 6.92. The maximum atomic E-state index is 12.6. The lowest BCUT2D eigenvalue weighted by molar-refractivity contribution is 0.0944. The molecule has 142 valence electrons. The number of amides is 1. The van der Waals surface area contributed by atoms with Gasteiger partial charge in [0, 0.05) is 49.9 Å². The van der Waals surface area contributed by atoms with Gasteiger partial charge >= 0.3 is 0 Å². The zero-order valence-electron chi connectivity index (χ0n) is 15.6. The molecular formula is C19H28ClN5O. The van der Waals surface area contributed by atoms with E-state index in [0.717, 1.165) is 36.3 Å². The Morgan fingerprint density at radius 1 is 1.31 bits per heavy atom. The van der Waals surface area contributed by atoms with Crippen LogP contribution in [0.1, 0.15) is 46.7 Å². The van der Waals surface area contributed by atoms with E-state index in [1.165, 1.54) is 5.56 Å². The standard InChI is InChI=1S/C19H27N5O.ClH/c1-13(2)24(3)12-15-7-5-4-6-14(15)10-21-19(25)18-16-11-20-9-8-17(16)22-23-18;/h4-7,13,20H,8-12H2,1-3H3,(H,21,25)(H,22,23);1H. The van der Waals surface area contributed by atoms with Gasteiger partial charge in [0.15, 0.2) is 5.69 Å². The number of hydrogen-bond acceptors (Lipinski definition) is 4. The Balaban J connectivity index is 0.00000243. The summed E-state index contributed by atoms with van der Waals surface area (Å²) in [4.78, 5) is 14.8. The van der Waals surface area contributed by atoms with Gasteiger partial charge in [-0.25, -0.2) is 0 Å². The van der Waals surface area contributed by atoms with Gasteiger partial charge in [0.1, 0.15) is 0 Å². The third kappa shape index (κ3) is 4.63. The van der Waals surface area contributed by atoms with Gasteiger partial charge in [0.05, 0.1) is 0 Å². The topological polar surface area (TPSA) is 73.0 Å². The third-order valence-corrected chi connectivity index (χ3v) is 4.88. The van der Waals surface area contributed by atoms with Crippen molar-refractivity contribution in [2.45, 2.75) is 45.9 Å². The summed E-state index contributed by atoms with van der Waals surface area (Å²) in [5.41, 5.74) is 4.97. The summed E-state index contributed by atoms with van der Waals surface area (Å²) in [5, 5.41) is 13.5. The minimum absolute atomic E-state index is 0. The monoisotopic (exact) mass is 377 g/mol. The Kier molecular flexibility index (Phi) is 7.20. The van der Waals surface area contributed by atoms with E-state index in [4.69, 9.17) is 0 Å². The number of fused-ring (bicyclic) bond motifs is 1. The molecule has 7 heteroatoms. The highest BCUT2D eigenvalue weighted by Gasteiger charge is 2.21. The molecule has 2 aromatic rings. The SMILES string of the molecule is CC(C)N(C)Cc1ccccc1CNC(=O)c1n[nH]c2c1CNCC2.Cl. The first-order chi connectivity index (χ1) is 12.1. The number of nitrogens with zero attached hydrogens (tertiary/aromatic N) is 2. The van der Waals surface area contributed by atoms with E-state index in [1.54, 1.807) is 0 Å². The Labute approximate surface area is 161 Å². The minimum Gasteiger partial charge on any atom is -0.347 e. The number of carbonyl (C=O) groups is 1. The first kappa shape index (κ1) is 20.4. The van der Waals surface area contributed by atoms with Crippen molar-refractivity contribution in [3.8, 4) is 0 Å². The number of hydrogen-bond donors (Lipinski definition) is 3. The molecule has 3 rings (SSSR count). The number of H-pyrrole nitrogens is 1. The summed E-state index contributed by atoms with van der Waals surface area (Å²) >= 11 is 0. The van der Waals surface area contributed by atoms with Crippen LogP contribution in [0, 0.1) is 0 Å². The van der Waals surface area contributed by atoms with E-state index in [9.17, 15) is 4.79 Å². The highest BCUT2D eigenvalue weighted by atomic mass is 35.5.